The maximum absolute atomic E-state index is 12.6. The minimum absolute atomic E-state index is 0.171. The van der Waals surface area contributed by atoms with Gasteiger partial charge >= 0.3 is 0 Å². The molecule has 2 aromatic rings. The molecule has 0 radical (unpaired) electrons. The first kappa shape index (κ1) is 12.8. The highest BCUT2D eigenvalue weighted by Crippen LogP contribution is 2.29. The fourth-order valence-electron chi connectivity index (χ4n) is 2.26. The number of nitrogens with two attached hydrogens (primary N) is 1. The van der Waals surface area contributed by atoms with Crippen molar-refractivity contribution in [3.05, 3.63) is 48.0 Å². The highest BCUT2D eigenvalue weighted by molar-refractivity contribution is 6.10. The van der Waals surface area contributed by atoms with Crippen LogP contribution < -0.4 is 5.73 Å². The van der Waals surface area contributed by atoms with Crippen LogP contribution in [0.1, 0.15) is 30.6 Å². The number of Topliss-reactive ketones (excluding diaryl/α,β-unsaturated/α-hetero) is 1. The summed E-state index contributed by atoms with van der Waals surface area (Å²) >= 11 is 0. The summed E-state index contributed by atoms with van der Waals surface area (Å²) in [6.07, 6.45) is 0.703. The zero-order valence-electron chi connectivity index (χ0n) is 10.9. The minimum Gasteiger partial charge on any atom is -0.330 e. The van der Waals surface area contributed by atoms with Crippen LogP contribution in [0.2, 0.25) is 0 Å². The van der Waals surface area contributed by atoms with E-state index in [0.29, 0.717) is 13.0 Å². The second kappa shape index (κ2) is 4.91. The van der Waals surface area contributed by atoms with Crippen molar-refractivity contribution in [2.45, 2.75) is 20.3 Å². The van der Waals surface area contributed by atoms with E-state index in [4.69, 9.17) is 5.73 Å². The molecule has 0 saturated carbocycles. The monoisotopic (exact) mass is 241 g/mol. The first-order valence-electron chi connectivity index (χ1n) is 6.29. The van der Waals surface area contributed by atoms with Gasteiger partial charge in [-0.25, -0.2) is 0 Å². The summed E-state index contributed by atoms with van der Waals surface area (Å²) in [5.74, 6) is 0.171. The first-order valence-corrected chi connectivity index (χ1v) is 6.29. The van der Waals surface area contributed by atoms with Crippen LogP contribution in [0.15, 0.2) is 42.5 Å². The summed E-state index contributed by atoms with van der Waals surface area (Å²) in [5, 5.41) is 2.13. The molecule has 2 rings (SSSR count). The summed E-state index contributed by atoms with van der Waals surface area (Å²) < 4.78 is 0. The van der Waals surface area contributed by atoms with Gasteiger partial charge in [0.05, 0.1) is 0 Å². The second-order valence-corrected chi connectivity index (χ2v) is 5.28. The molecule has 0 aliphatic carbocycles. The Labute approximate surface area is 108 Å². The molecule has 0 aliphatic rings. The number of carbonyl (C=O) groups excluding carboxylic acids is 1. The molecule has 2 nitrogen and oxygen atoms in total. The molecular weight excluding hydrogens is 222 g/mol. The number of hydrogen-bond donors (Lipinski definition) is 1. The normalized spacial score (nSPS) is 11.7. The zero-order valence-corrected chi connectivity index (χ0v) is 10.9. The van der Waals surface area contributed by atoms with Gasteiger partial charge in [0.1, 0.15) is 0 Å². The Bertz CT molecular complexity index is 567. The topological polar surface area (TPSA) is 43.1 Å². The van der Waals surface area contributed by atoms with Gasteiger partial charge in [-0.1, -0.05) is 56.3 Å². The molecule has 0 heterocycles. The second-order valence-electron chi connectivity index (χ2n) is 5.28. The van der Waals surface area contributed by atoms with Crippen molar-refractivity contribution in [3.8, 4) is 0 Å². The smallest absolute Gasteiger partial charge is 0.169 e. The number of benzene rings is 2. The summed E-state index contributed by atoms with van der Waals surface area (Å²) in [7, 11) is 0. The molecule has 0 unspecified atom stereocenters. The van der Waals surface area contributed by atoms with Gasteiger partial charge in [-0.2, -0.15) is 0 Å². The van der Waals surface area contributed by atoms with Crippen molar-refractivity contribution in [1.82, 2.24) is 0 Å². The predicted octanol–water partition coefficient (Wildman–Crippen LogP) is 3.40. The van der Waals surface area contributed by atoms with Gasteiger partial charge < -0.3 is 5.73 Å². The standard InChI is InChI=1S/C16H19NO/c1-16(2,10-11-17)15(18)14-9-5-7-12-6-3-4-8-13(12)14/h3-9H,10-11,17H2,1-2H3. The van der Waals surface area contributed by atoms with Crippen LogP contribution in [0.4, 0.5) is 0 Å². The molecule has 0 spiro atoms. The Balaban J connectivity index is 2.51. The first-order chi connectivity index (χ1) is 8.56. The molecule has 0 saturated heterocycles. The van der Waals surface area contributed by atoms with Crippen LogP contribution in [0.5, 0.6) is 0 Å². The van der Waals surface area contributed by atoms with Crippen LogP contribution in [0.3, 0.4) is 0 Å². The third-order valence-electron chi connectivity index (χ3n) is 3.42. The van der Waals surface area contributed by atoms with Gasteiger partial charge in [-0.05, 0) is 23.7 Å². The molecular formula is C16H19NO. The Morgan fingerprint density at radius 1 is 1.11 bits per heavy atom. The largest absolute Gasteiger partial charge is 0.330 e. The SMILES string of the molecule is CC(C)(CCN)C(=O)c1cccc2ccccc12. The fraction of sp³-hybridized carbons (Fsp3) is 0.312. The lowest BCUT2D eigenvalue weighted by Crippen LogP contribution is -2.27. The van der Waals surface area contributed by atoms with Crippen molar-refractivity contribution < 1.29 is 4.79 Å². The lowest BCUT2D eigenvalue weighted by Gasteiger charge is -2.23. The van der Waals surface area contributed by atoms with E-state index >= 15 is 0 Å². The van der Waals surface area contributed by atoms with Gasteiger partial charge in [0.15, 0.2) is 5.78 Å². The zero-order chi connectivity index (χ0) is 13.2. The van der Waals surface area contributed by atoms with Crippen LogP contribution in [0.25, 0.3) is 10.8 Å². The molecule has 94 valence electrons. The average Bonchev–Trinajstić information content (AvgIpc) is 2.37. The summed E-state index contributed by atoms with van der Waals surface area (Å²) in [4.78, 5) is 12.6. The lowest BCUT2D eigenvalue weighted by atomic mass is 9.80. The van der Waals surface area contributed by atoms with E-state index in [-0.39, 0.29) is 5.78 Å². The van der Waals surface area contributed by atoms with Gasteiger partial charge in [-0.15, -0.1) is 0 Å². The number of ketones is 1. The van der Waals surface area contributed by atoms with Gasteiger partial charge in [0.25, 0.3) is 0 Å². The Morgan fingerprint density at radius 3 is 2.50 bits per heavy atom. The molecule has 0 amide bonds. The van der Waals surface area contributed by atoms with Crippen LogP contribution in [0, 0.1) is 5.41 Å². The number of hydrogen-bond acceptors (Lipinski definition) is 2. The highest BCUT2D eigenvalue weighted by Gasteiger charge is 2.28. The lowest BCUT2D eigenvalue weighted by molar-refractivity contribution is 0.0831. The summed E-state index contributed by atoms with van der Waals surface area (Å²) in [5.41, 5.74) is 5.98. The maximum atomic E-state index is 12.6. The Hall–Kier alpha value is -1.67. The Kier molecular flexibility index (Phi) is 3.48. The molecule has 0 bridgehead atoms. The van der Waals surface area contributed by atoms with Crippen LogP contribution in [-0.4, -0.2) is 12.3 Å². The molecule has 0 fully saturated rings. The third-order valence-corrected chi connectivity index (χ3v) is 3.42. The number of rotatable bonds is 4. The minimum atomic E-state index is -0.404. The van der Waals surface area contributed by atoms with E-state index in [1.807, 2.05) is 56.3 Å². The number of carbonyl (C=O) groups is 1. The van der Waals surface area contributed by atoms with Crippen LogP contribution in [-0.2, 0) is 0 Å². The van der Waals surface area contributed by atoms with Crippen molar-refractivity contribution in [2.75, 3.05) is 6.54 Å². The molecule has 18 heavy (non-hydrogen) atoms. The van der Waals surface area contributed by atoms with Crippen molar-refractivity contribution in [2.24, 2.45) is 11.1 Å². The van der Waals surface area contributed by atoms with Crippen molar-refractivity contribution in [1.29, 1.82) is 0 Å². The molecule has 2 heteroatoms. The summed E-state index contributed by atoms with van der Waals surface area (Å²) in [6.45, 7) is 4.46. The molecule has 2 N–H and O–H groups in total. The van der Waals surface area contributed by atoms with E-state index in [1.54, 1.807) is 0 Å². The Morgan fingerprint density at radius 2 is 1.78 bits per heavy atom. The van der Waals surface area contributed by atoms with E-state index in [1.165, 1.54) is 0 Å². The summed E-state index contributed by atoms with van der Waals surface area (Å²) in [6, 6.07) is 13.9. The molecule has 0 aromatic heterocycles. The number of fused-ring (bicyclic) bond motifs is 1. The van der Waals surface area contributed by atoms with Crippen molar-refractivity contribution >= 4 is 16.6 Å². The molecule has 0 atom stereocenters. The molecule has 0 aliphatic heterocycles. The van der Waals surface area contributed by atoms with E-state index in [0.717, 1.165) is 16.3 Å². The molecule has 2 aromatic carbocycles. The highest BCUT2D eigenvalue weighted by atomic mass is 16.1. The van der Waals surface area contributed by atoms with E-state index in [2.05, 4.69) is 0 Å². The quantitative estimate of drug-likeness (QED) is 0.834. The van der Waals surface area contributed by atoms with Gasteiger partial charge in [0, 0.05) is 11.0 Å². The van der Waals surface area contributed by atoms with Crippen molar-refractivity contribution in [3.63, 3.8) is 0 Å². The van der Waals surface area contributed by atoms with Gasteiger partial charge in [-0.3, -0.25) is 4.79 Å². The van der Waals surface area contributed by atoms with E-state index < -0.39 is 5.41 Å². The fourth-order valence-corrected chi connectivity index (χ4v) is 2.26. The predicted molar refractivity (Wildman–Crippen MR) is 75.7 cm³/mol. The average molecular weight is 241 g/mol. The maximum Gasteiger partial charge on any atom is 0.169 e. The van der Waals surface area contributed by atoms with Crippen LogP contribution >= 0.6 is 0 Å². The van der Waals surface area contributed by atoms with Gasteiger partial charge in [0.2, 0.25) is 0 Å². The van der Waals surface area contributed by atoms with E-state index in [9.17, 15) is 4.79 Å². The third kappa shape index (κ3) is 2.29.